The summed E-state index contributed by atoms with van der Waals surface area (Å²) >= 11 is 5.51. The first-order chi connectivity index (χ1) is 8.81. The van der Waals surface area contributed by atoms with Crippen molar-refractivity contribution in [2.75, 3.05) is 23.9 Å². The average Bonchev–Trinajstić information content (AvgIpc) is 2.26. The van der Waals surface area contributed by atoms with E-state index in [1.165, 1.54) is 12.4 Å². The number of aromatic nitrogens is 2. The fourth-order valence-electron chi connectivity index (χ4n) is 1.38. The zero-order chi connectivity index (χ0) is 14.5. The number of halogens is 4. The van der Waals surface area contributed by atoms with Crippen molar-refractivity contribution < 1.29 is 17.9 Å². The van der Waals surface area contributed by atoms with Gasteiger partial charge in [0.15, 0.2) is 5.82 Å². The standard InChI is InChI=1S/C11H15ClF3N3O/c1-8(2)19-10-6-16-5-9(17-10)18(4-3-12)7-11(13,14)15/h5-6,8H,3-4,7H2,1-2H3. The summed E-state index contributed by atoms with van der Waals surface area (Å²) in [6.45, 7) is 2.49. The first kappa shape index (κ1) is 15.8. The molecule has 0 atom stereocenters. The summed E-state index contributed by atoms with van der Waals surface area (Å²) < 4.78 is 42.7. The van der Waals surface area contributed by atoms with E-state index >= 15 is 0 Å². The molecule has 0 saturated heterocycles. The minimum atomic E-state index is -4.33. The summed E-state index contributed by atoms with van der Waals surface area (Å²) in [5.74, 6) is 0.345. The minimum absolute atomic E-state index is 0.0286. The van der Waals surface area contributed by atoms with Crippen molar-refractivity contribution in [3.63, 3.8) is 0 Å². The molecule has 0 N–H and O–H groups in total. The third kappa shape index (κ3) is 5.96. The molecule has 0 aliphatic heterocycles. The van der Waals surface area contributed by atoms with Crippen LogP contribution in [0.4, 0.5) is 19.0 Å². The molecule has 0 aromatic carbocycles. The molecule has 0 saturated carbocycles. The van der Waals surface area contributed by atoms with Crippen molar-refractivity contribution in [1.82, 2.24) is 9.97 Å². The Morgan fingerprint density at radius 2 is 2.05 bits per heavy atom. The van der Waals surface area contributed by atoms with E-state index < -0.39 is 12.7 Å². The molecule has 108 valence electrons. The van der Waals surface area contributed by atoms with E-state index in [9.17, 15) is 13.2 Å². The van der Waals surface area contributed by atoms with Gasteiger partial charge in [0.25, 0.3) is 0 Å². The number of hydrogen-bond acceptors (Lipinski definition) is 4. The van der Waals surface area contributed by atoms with Crippen LogP contribution in [0.25, 0.3) is 0 Å². The van der Waals surface area contributed by atoms with Gasteiger partial charge in [0.05, 0.1) is 18.5 Å². The van der Waals surface area contributed by atoms with Gasteiger partial charge < -0.3 is 9.64 Å². The van der Waals surface area contributed by atoms with Crippen LogP contribution in [0.1, 0.15) is 13.8 Å². The lowest BCUT2D eigenvalue weighted by Gasteiger charge is -2.24. The Labute approximate surface area is 114 Å². The van der Waals surface area contributed by atoms with Crippen molar-refractivity contribution in [1.29, 1.82) is 0 Å². The summed E-state index contributed by atoms with van der Waals surface area (Å²) in [5.41, 5.74) is 0. The summed E-state index contributed by atoms with van der Waals surface area (Å²) in [7, 11) is 0. The number of anilines is 1. The number of alkyl halides is 4. The topological polar surface area (TPSA) is 38.2 Å². The van der Waals surface area contributed by atoms with E-state index in [1.807, 2.05) is 0 Å². The van der Waals surface area contributed by atoms with Crippen LogP contribution >= 0.6 is 11.6 Å². The molecule has 8 heteroatoms. The maximum Gasteiger partial charge on any atom is 0.405 e. The molecular formula is C11H15ClF3N3O. The van der Waals surface area contributed by atoms with Gasteiger partial charge in [-0.05, 0) is 13.8 Å². The van der Waals surface area contributed by atoms with Gasteiger partial charge in [-0.1, -0.05) is 0 Å². The lowest BCUT2D eigenvalue weighted by molar-refractivity contribution is -0.119. The quantitative estimate of drug-likeness (QED) is 0.757. The lowest BCUT2D eigenvalue weighted by atomic mass is 10.4. The molecule has 0 bridgehead atoms. The number of nitrogens with zero attached hydrogens (tertiary/aromatic N) is 3. The molecule has 0 unspecified atom stereocenters. The highest BCUT2D eigenvalue weighted by Crippen LogP contribution is 2.21. The monoisotopic (exact) mass is 297 g/mol. The zero-order valence-electron chi connectivity index (χ0n) is 10.6. The van der Waals surface area contributed by atoms with E-state index in [0.717, 1.165) is 4.90 Å². The molecule has 19 heavy (non-hydrogen) atoms. The number of rotatable bonds is 6. The van der Waals surface area contributed by atoms with E-state index in [0.29, 0.717) is 0 Å². The third-order valence-electron chi connectivity index (χ3n) is 2.00. The summed E-state index contributed by atoms with van der Waals surface area (Å²) in [5, 5.41) is 0. The van der Waals surface area contributed by atoms with E-state index in [2.05, 4.69) is 9.97 Å². The molecule has 1 rings (SSSR count). The summed E-state index contributed by atoms with van der Waals surface area (Å²) in [6.07, 6.45) is -1.85. The Kier molecular flexibility index (Phi) is 5.65. The van der Waals surface area contributed by atoms with Gasteiger partial charge in [0, 0.05) is 12.4 Å². The Morgan fingerprint density at radius 1 is 1.37 bits per heavy atom. The maximum absolute atomic E-state index is 12.5. The molecule has 1 aromatic heterocycles. The van der Waals surface area contributed by atoms with E-state index in [1.54, 1.807) is 13.8 Å². The first-order valence-electron chi connectivity index (χ1n) is 5.68. The third-order valence-corrected chi connectivity index (χ3v) is 2.17. The van der Waals surface area contributed by atoms with E-state index in [-0.39, 0.29) is 30.2 Å². The van der Waals surface area contributed by atoms with Crippen molar-refractivity contribution >= 4 is 17.4 Å². The fraction of sp³-hybridized carbons (Fsp3) is 0.636. The molecule has 0 radical (unpaired) electrons. The Balaban J connectivity index is 2.89. The van der Waals surface area contributed by atoms with Gasteiger partial charge >= 0.3 is 6.18 Å². The second-order valence-electron chi connectivity index (χ2n) is 4.11. The van der Waals surface area contributed by atoms with Crippen molar-refractivity contribution in [2.45, 2.75) is 26.1 Å². The number of ether oxygens (including phenoxy) is 1. The maximum atomic E-state index is 12.5. The second kappa shape index (κ2) is 6.79. The van der Waals surface area contributed by atoms with E-state index in [4.69, 9.17) is 16.3 Å². The average molecular weight is 298 g/mol. The highest BCUT2D eigenvalue weighted by Gasteiger charge is 2.31. The lowest BCUT2D eigenvalue weighted by Crippen LogP contribution is -2.36. The van der Waals surface area contributed by atoms with Crippen molar-refractivity contribution in [3.05, 3.63) is 12.4 Å². The Hall–Kier alpha value is -1.24. The first-order valence-corrected chi connectivity index (χ1v) is 6.21. The zero-order valence-corrected chi connectivity index (χ0v) is 11.4. The fourth-order valence-corrected chi connectivity index (χ4v) is 1.59. The van der Waals surface area contributed by atoms with Gasteiger partial charge in [0.2, 0.25) is 5.88 Å². The Bertz CT molecular complexity index is 401. The number of hydrogen-bond donors (Lipinski definition) is 0. The highest BCUT2D eigenvalue weighted by atomic mass is 35.5. The second-order valence-corrected chi connectivity index (χ2v) is 4.49. The van der Waals surface area contributed by atoms with Gasteiger partial charge in [-0.15, -0.1) is 11.6 Å². The molecular weight excluding hydrogens is 283 g/mol. The summed E-state index contributed by atoms with van der Waals surface area (Å²) in [4.78, 5) is 8.85. The summed E-state index contributed by atoms with van der Waals surface area (Å²) in [6, 6.07) is 0. The molecule has 0 aliphatic carbocycles. The highest BCUT2D eigenvalue weighted by molar-refractivity contribution is 6.18. The molecule has 0 amide bonds. The van der Waals surface area contributed by atoms with Crippen molar-refractivity contribution in [3.8, 4) is 5.88 Å². The molecule has 0 spiro atoms. The predicted octanol–water partition coefficient (Wildman–Crippen LogP) is 2.87. The van der Waals surface area contributed by atoms with Crippen LogP contribution in [0.15, 0.2) is 12.4 Å². The van der Waals surface area contributed by atoms with Crippen LogP contribution in [-0.4, -0.2) is 41.2 Å². The van der Waals surface area contributed by atoms with Crippen LogP contribution in [-0.2, 0) is 0 Å². The van der Waals surface area contributed by atoms with Gasteiger partial charge in [0.1, 0.15) is 6.54 Å². The Morgan fingerprint density at radius 3 is 2.58 bits per heavy atom. The van der Waals surface area contributed by atoms with Gasteiger partial charge in [-0.25, -0.2) is 0 Å². The van der Waals surface area contributed by atoms with Crippen LogP contribution in [0.5, 0.6) is 5.88 Å². The molecule has 0 fully saturated rings. The smallest absolute Gasteiger partial charge is 0.405 e. The predicted molar refractivity (Wildman–Crippen MR) is 66.8 cm³/mol. The van der Waals surface area contributed by atoms with Crippen LogP contribution in [0.3, 0.4) is 0 Å². The van der Waals surface area contributed by atoms with Crippen LogP contribution < -0.4 is 9.64 Å². The molecule has 1 heterocycles. The van der Waals surface area contributed by atoms with Gasteiger partial charge in [-0.2, -0.15) is 18.2 Å². The molecule has 1 aromatic rings. The normalized spacial score (nSPS) is 11.7. The largest absolute Gasteiger partial charge is 0.474 e. The molecule has 0 aliphatic rings. The van der Waals surface area contributed by atoms with Gasteiger partial charge in [-0.3, -0.25) is 4.98 Å². The van der Waals surface area contributed by atoms with Crippen LogP contribution in [0, 0.1) is 0 Å². The SMILES string of the molecule is CC(C)Oc1cncc(N(CCCl)CC(F)(F)F)n1. The molecule has 4 nitrogen and oxygen atoms in total. The van der Waals surface area contributed by atoms with Crippen molar-refractivity contribution in [2.24, 2.45) is 0 Å². The minimum Gasteiger partial charge on any atom is -0.474 e. The van der Waals surface area contributed by atoms with Crippen LogP contribution in [0.2, 0.25) is 0 Å².